The number of benzene rings is 1. The van der Waals surface area contributed by atoms with E-state index in [-0.39, 0.29) is 0 Å². The molecule has 2 aromatic rings. The largest absolute Gasteiger partial charge is 0.312 e. The minimum atomic E-state index is 0.682. The highest BCUT2D eigenvalue weighted by molar-refractivity contribution is 5.39. The van der Waals surface area contributed by atoms with E-state index in [1.165, 1.54) is 35.3 Å². The molecule has 1 aliphatic rings. The van der Waals surface area contributed by atoms with Gasteiger partial charge in [-0.15, -0.1) is 0 Å². The fourth-order valence-corrected chi connectivity index (χ4v) is 2.71. The SMILES string of the molecule is Cc1ccc(-n2ncc(CNCC(C)C)c2C2CC2)cc1. The lowest BCUT2D eigenvalue weighted by atomic mass is 10.1. The fraction of sp³-hybridized carbons (Fsp3) is 0.500. The molecule has 0 amide bonds. The summed E-state index contributed by atoms with van der Waals surface area (Å²) < 4.78 is 2.14. The molecule has 3 nitrogen and oxygen atoms in total. The molecule has 0 saturated heterocycles. The van der Waals surface area contributed by atoms with Gasteiger partial charge in [0.05, 0.1) is 17.6 Å². The number of rotatable bonds is 6. The molecule has 0 bridgehead atoms. The Bertz CT molecular complexity index is 591. The normalized spacial score (nSPS) is 14.9. The first-order chi connectivity index (χ1) is 10.1. The number of aryl methyl sites for hydroxylation is 1. The summed E-state index contributed by atoms with van der Waals surface area (Å²) in [5, 5.41) is 8.20. The van der Waals surface area contributed by atoms with Crippen molar-refractivity contribution in [3.05, 3.63) is 47.3 Å². The van der Waals surface area contributed by atoms with E-state index in [1.54, 1.807) is 0 Å². The third-order valence-corrected chi connectivity index (χ3v) is 4.00. The molecular weight excluding hydrogens is 258 g/mol. The van der Waals surface area contributed by atoms with Gasteiger partial charge in [0.1, 0.15) is 0 Å². The van der Waals surface area contributed by atoms with E-state index in [0.29, 0.717) is 11.8 Å². The summed E-state index contributed by atoms with van der Waals surface area (Å²) >= 11 is 0. The zero-order chi connectivity index (χ0) is 14.8. The van der Waals surface area contributed by atoms with Crippen LogP contribution in [-0.4, -0.2) is 16.3 Å². The summed E-state index contributed by atoms with van der Waals surface area (Å²) in [6.07, 6.45) is 4.64. The summed E-state index contributed by atoms with van der Waals surface area (Å²) in [5.74, 6) is 1.38. The quantitative estimate of drug-likeness (QED) is 0.874. The molecule has 1 fully saturated rings. The highest BCUT2D eigenvalue weighted by Gasteiger charge is 2.30. The third-order valence-electron chi connectivity index (χ3n) is 4.00. The van der Waals surface area contributed by atoms with E-state index < -0.39 is 0 Å². The third kappa shape index (κ3) is 3.35. The van der Waals surface area contributed by atoms with E-state index in [2.05, 4.69) is 60.1 Å². The summed E-state index contributed by atoms with van der Waals surface area (Å²) in [7, 11) is 0. The van der Waals surface area contributed by atoms with Gasteiger partial charge in [-0.05, 0) is 44.4 Å². The predicted molar refractivity (Wildman–Crippen MR) is 86.8 cm³/mol. The van der Waals surface area contributed by atoms with Gasteiger partial charge in [-0.2, -0.15) is 5.10 Å². The van der Waals surface area contributed by atoms with Crippen molar-refractivity contribution in [2.45, 2.75) is 46.1 Å². The first kappa shape index (κ1) is 14.3. The zero-order valence-electron chi connectivity index (χ0n) is 13.3. The summed E-state index contributed by atoms with van der Waals surface area (Å²) in [4.78, 5) is 0. The maximum absolute atomic E-state index is 4.65. The Morgan fingerprint density at radius 3 is 2.57 bits per heavy atom. The molecule has 1 heterocycles. The van der Waals surface area contributed by atoms with E-state index in [0.717, 1.165) is 13.1 Å². The van der Waals surface area contributed by atoms with Crippen molar-refractivity contribution in [3.63, 3.8) is 0 Å². The number of hydrogen-bond donors (Lipinski definition) is 1. The average molecular weight is 283 g/mol. The highest BCUT2D eigenvalue weighted by atomic mass is 15.3. The molecule has 112 valence electrons. The molecular formula is C18H25N3. The molecule has 0 spiro atoms. The lowest BCUT2D eigenvalue weighted by Crippen LogP contribution is -2.19. The molecule has 0 unspecified atom stereocenters. The molecule has 3 rings (SSSR count). The van der Waals surface area contributed by atoms with Crippen molar-refractivity contribution in [1.29, 1.82) is 0 Å². The molecule has 21 heavy (non-hydrogen) atoms. The van der Waals surface area contributed by atoms with Crippen molar-refractivity contribution in [1.82, 2.24) is 15.1 Å². The molecule has 1 N–H and O–H groups in total. The monoisotopic (exact) mass is 283 g/mol. The highest BCUT2D eigenvalue weighted by Crippen LogP contribution is 2.42. The molecule has 3 heteroatoms. The zero-order valence-corrected chi connectivity index (χ0v) is 13.3. The van der Waals surface area contributed by atoms with Crippen molar-refractivity contribution >= 4 is 0 Å². The van der Waals surface area contributed by atoms with Gasteiger partial charge < -0.3 is 5.32 Å². The standard InChI is InChI=1S/C18H25N3/c1-13(2)10-19-11-16-12-20-21(18(16)15-6-7-15)17-8-4-14(3)5-9-17/h4-5,8-9,12-13,15,19H,6-7,10-11H2,1-3H3. The minimum absolute atomic E-state index is 0.682. The van der Waals surface area contributed by atoms with E-state index in [1.807, 2.05) is 6.20 Å². The second-order valence-corrected chi connectivity index (χ2v) is 6.60. The van der Waals surface area contributed by atoms with Crippen LogP contribution in [0.3, 0.4) is 0 Å². The lowest BCUT2D eigenvalue weighted by molar-refractivity contribution is 0.550. The van der Waals surface area contributed by atoms with Gasteiger partial charge in [0.25, 0.3) is 0 Å². The fourth-order valence-electron chi connectivity index (χ4n) is 2.71. The van der Waals surface area contributed by atoms with Crippen LogP contribution in [0.2, 0.25) is 0 Å². The van der Waals surface area contributed by atoms with Crippen LogP contribution in [0.4, 0.5) is 0 Å². The van der Waals surface area contributed by atoms with Crippen molar-refractivity contribution in [2.75, 3.05) is 6.54 Å². The van der Waals surface area contributed by atoms with Gasteiger partial charge >= 0.3 is 0 Å². The van der Waals surface area contributed by atoms with Crippen LogP contribution in [0.15, 0.2) is 30.5 Å². The second-order valence-electron chi connectivity index (χ2n) is 6.60. The van der Waals surface area contributed by atoms with Gasteiger partial charge in [-0.1, -0.05) is 31.5 Å². The Labute approximate surface area is 127 Å². The van der Waals surface area contributed by atoms with Crippen LogP contribution in [0, 0.1) is 12.8 Å². The summed E-state index contributed by atoms with van der Waals surface area (Å²) in [6.45, 7) is 8.58. The Morgan fingerprint density at radius 1 is 1.24 bits per heavy atom. The Balaban J connectivity index is 1.84. The number of hydrogen-bond acceptors (Lipinski definition) is 2. The molecule has 1 saturated carbocycles. The van der Waals surface area contributed by atoms with E-state index >= 15 is 0 Å². The van der Waals surface area contributed by atoms with Gasteiger partial charge in [-0.25, -0.2) is 4.68 Å². The van der Waals surface area contributed by atoms with Gasteiger partial charge in [0.15, 0.2) is 0 Å². The predicted octanol–water partition coefficient (Wildman–Crippen LogP) is 3.80. The van der Waals surface area contributed by atoms with Crippen LogP contribution >= 0.6 is 0 Å². The van der Waals surface area contributed by atoms with Gasteiger partial charge in [0.2, 0.25) is 0 Å². The van der Waals surface area contributed by atoms with Crippen LogP contribution in [0.25, 0.3) is 5.69 Å². The first-order valence-electron chi connectivity index (χ1n) is 7.99. The lowest BCUT2D eigenvalue weighted by Gasteiger charge is -2.11. The number of nitrogens with zero attached hydrogens (tertiary/aromatic N) is 2. The van der Waals surface area contributed by atoms with E-state index in [4.69, 9.17) is 0 Å². The second kappa shape index (κ2) is 6.02. The maximum atomic E-state index is 4.65. The Kier molecular flexibility index (Phi) is 4.11. The van der Waals surface area contributed by atoms with Crippen molar-refractivity contribution < 1.29 is 0 Å². The van der Waals surface area contributed by atoms with Gasteiger partial charge in [0, 0.05) is 18.0 Å². The molecule has 1 aromatic heterocycles. The Hall–Kier alpha value is -1.61. The maximum Gasteiger partial charge on any atom is 0.0649 e. The van der Waals surface area contributed by atoms with Crippen LogP contribution in [-0.2, 0) is 6.54 Å². The molecule has 0 radical (unpaired) electrons. The first-order valence-corrected chi connectivity index (χ1v) is 7.99. The molecule has 1 aromatic carbocycles. The van der Waals surface area contributed by atoms with Crippen LogP contribution < -0.4 is 5.32 Å². The molecule has 1 aliphatic carbocycles. The number of nitrogens with one attached hydrogen (secondary N) is 1. The van der Waals surface area contributed by atoms with Crippen LogP contribution in [0.5, 0.6) is 0 Å². The van der Waals surface area contributed by atoms with Crippen molar-refractivity contribution in [3.8, 4) is 5.69 Å². The minimum Gasteiger partial charge on any atom is -0.312 e. The van der Waals surface area contributed by atoms with Crippen LogP contribution in [0.1, 0.15) is 49.4 Å². The van der Waals surface area contributed by atoms with Gasteiger partial charge in [-0.3, -0.25) is 0 Å². The topological polar surface area (TPSA) is 29.9 Å². The average Bonchev–Trinajstić information content (AvgIpc) is 3.21. The summed E-state index contributed by atoms with van der Waals surface area (Å²) in [6, 6.07) is 8.65. The summed E-state index contributed by atoms with van der Waals surface area (Å²) in [5.41, 5.74) is 5.24. The smallest absolute Gasteiger partial charge is 0.0649 e. The van der Waals surface area contributed by atoms with E-state index in [9.17, 15) is 0 Å². The van der Waals surface area contributed by atoms with Crippen molar-refractivity contribution in [2.24, 2.45) is 5.92 Å². The molecule has 0 atom stereocenters. The molecule has 0 aliphatic heterocycles. The Morgan fingerprint density at radius 2 is 1.95 bits per heavy atom. The number of aromatic nitrogens is 2.